The summed E-state index contributed by atoms with van der Waals surface area (Å²) in [5.41, 5.74) is 3.58. The van der Waals surface area contributed by atoms with Gasteiger partial charge >= 0.3 is 0 Å². The molecule has 19 heavy (non-hydrogen) atoms. The van der Waals surface area contributed by atoms with Crippen molar-refractivity contribution in [3.8, 4) is 11.1 Å². The first-order valence-corrected chi connectivity index (χ1v) is 6.74. The third-order valence-electron chi connectivity index (χ3n) is 3.48. The normalized spacial score (nSPS) is 18.6. The van der Waals surface area contributed by atoms with E-state index in [-0.39, 0.29) is 0 Å². The van der Waals surface area contributed by atoms with Gasteiger partial charge in [0.25, 0.3) is 0 Å². The summed E-state index contributed by atoms with van der Waals surface area (Å²) in [4.78, 5) is 4.19. The van der Waals surface area contributed by atoms with Crippen molar-refractivity contribution in [3.05, 3.63) is 54.4 Å². The van der Waals surface area contributed by atoms with Crippen molar-refractivity contribution in [2.24, 2.45) is 0 Å². The minimum Gasteiger partial charge on any atom is -0.372 e. The summed E-state index contributed by atoms with van der Waals surface area (Å²) in [6, 6.07) is 12.4. The van der Waals surface area contributed by atoms with Crippen LogP contribution < -0.4 is 5.32 Å². The molecule has 98 valence electrons. The summed E-state index contributed by atoms with van der Waals surface area (Å²) >= 11 is 0. The van der Waals surface area contributed by atoms with E-state index in [0.29, 0.717) is 12.7 Å². The molecule has 0 spiro atoms. The second-order valence-electron chi connectivity index (χ2n) is 4.82. The molecular formula is C16H18N2O. The molecule has 1 aromatic heterocycles. The van der Waals surface area contributed by atoms with E-state index in [4.69, 9.17) is 4.74 Å². The van der Waals surface area contributed by atoms with Crippen molar-refractivity contribution >= 4 is 0 Å². The van der Waals surface area contributed by atoms with Crippen LogP contribution in [0.2, 0.25) is 0 Å². The third-order valence-corrected chi connectivity index (χ3v) is 3.48. The van der Waals surface area contributed by atoms with E-state index in [0.717, 1.165) is 25.1 Å². The Balaban J connectivity index is 1.77. The summed E-state index contributed by atoms with van der Waals surface area (Å²) < 4.78 is 5.97. The number of aromatic nitrogens is 1. The fourth-order valence-electron chi connectivity index (χ4n) is 2.43. The first-order valence-electron chi connectivity index (χ1n) is 6.74. The van der Waals surface area contributed by atoms with Gasteiger partial charge in [-0.15, -0.1) is 0 Å². The number of hydrogen-bond donors (Lipinski definition) is 1. The molecule has 0 amide bonds. The highest BCUT2D eigenvalue weighted by atomic mass is 16.5. The maximum Gasteiger partial charge on any atom is 0.0727 e. The smallest absolute Gasteiger partial charge is 0.0727 e. The number of hydrogen-bond acceptors (Lipinski definition) is 3. The molecule has 3 nitrogen and oxygen atoms in total. The van der Waals surface area contributed by atoms with Crippen LogP contribution in [0.4, 0.5) is 0 Å². The van der Waals surface area contributed by atoms with Gasteiger partial charge in [0.15, 0.2) is 0 Å². The monoisotopic (exact) mass is 254 g/mol. The average molecular weight is 254 g/mol. The number of ether oxygens (including phenoxy) is 1. The van der Waals surface area contributed by atoms with Gasteiger partial charge in [0, 0.05) is 24.5 Å². The molecule has 1 fully saturated rings. The van der Waals surface area contributed by atoms with E-state index >= 15 is 0 Å². The summed E-state index contributed by atoms with van der Waals surface area (Å²) in [5.74, 6) is 0. The van der Waals surface area contributed by atoms with Gasteiger partial charge in [-0.2, -0.15) is 0 Å². The van der Waals surface area contributed by atoms with Crippen LogP contribution in [0.15, 0.2) is 48.8 Å². The Hall–Kier alpha value is -1.71. The lowest BCUT2D eigenvalue weighted by atomic mass is 10.0. The highest BCUT2D eigenvalue weighted by molar-refractivity contribution is 5.66. The molecule has 2 heterocycles. The van der Waals surface area contributed by atoms with E-state index in [1.165, 1.54) is 11.1 Å². The fraction of sp³-hybridized carbons (Fsp3) is 0.312. The predicted octanol–water partition coefficient (Wildman–Crippen LogP) is 2.63. The standard InChI is InChI=1S/C16H18N2O/c1-2-6-16(13-5-3-8-17-10-13)14(4-1)12-19-15-7-9-18-11-15/h1-6,8,10,15,18H,7,9,11-12H2. The molecule has 1 aliphatic heterocycles. The van der Waals surface area contributed by atoms with Gasteiger partial charge in [-0.3, -0.25) is 4.98 Å². The lowest BCUT2D eigenvalue weighted by molar-refractivity contribution is 0.0545. The number of rotatable bonds is 4. The number of benzene rings is 1. The average Bonchev–Trinajstić information content (AvgIpc) is 3.00. The molecule has 0 aliphatic carbocycles. The second-order valence-corrected chi connectivity index (χ2v) is 4.82. The van der Waals surface area contributed by atoms with Crippen molar-refractivity contribution in [1.82, 2.24) is 10.3 Å². The second kappa shape index (κ2) is 5.95. The molecule has 1 unspecified atom stereocenters. The van der Waals surface area contributed by atoms with Gasteiger partial charge in [-0.25, -0.2) is 0 Å². The first kappa shape index (κ1) is 12.3. The maximum atomic E-state index is 5.97. The molecule has 2 aromatic rings. The minimum absolute atomic E-state index is 0.349. The fourth-order valence-corrected chi connectivity index (χ4v) is 2.43. The zero-order valence-corrected chi connectivity index (χ0v) is 10.9. The highest BCUT2D eigenvalue weighted by Crippen LogP contribution is 2.23. The Labute approximate surface area is 113 Å². The zero-order valence-electron chi connectivity index (χ0n) is 10.9. The molecular weight excluding hydrogens is 236 g/mol. The van der Waals surface area contributed by atoms with Crippen LogP contribution in [0, 0.1) is 0 Å². The summed E-state index contributed by atoms with van der Waals surface area (Å²) in [5, 5.41) is 3.32. The number of pyridine rings is 1. The van der Waals surface area contributed by atoms with Crippen LogP contribution in [0.1, 0.15) is 12.0 Å². The first-order chi connectivity index (χ1) is 9.43. The molecule has 0 radical (unpaired) electrons. The highest BCUT2D eigenvalue weighted by Gasteiger charge is 2.15. The topological polar surface area (TPSA) is 34.1 Å². The Bertz CT molecular complexity index is 521. The SMILES string of the molecule is c1cncc(-c2ccccc2COC2CCNC2)c1. The summed E-state index contributed by atoms with van der Waals surface area (Å²) in [6.45, 7) is 2.70. The predicted molar refractivity (Wildman–Crippen MR) is 75.7 cm³/mol. The van der Waals surface area contributed by atoms with Crippen molar-refractivity contribution in [2.75, 3.05) is 13.1 Å². The van der Waals surface area contributed by atoms with Crippen LogP contribution in [0.25, 0.3) is 11.1 Å². The van der Waals surface area contributed by atoms with E-state index in [1.54, 1.807) is 6.20 Å². The van der Waals surface area contributed by atoms with Gasteiger partial charge in [0.2, 0.25) is 0 Å². The van der Waals surface area contributed by atoms with Gasteiger partial charge in [-0.1, -0.05) is 30.3 Å². The van der Waals surface area contributed by atoms with Crippen molar-refractivity contribution in [2.45, 2.75) is 19.1 Å². The number of nitrogens with zero attached hydrogens (tertiary/aromatic N) is 1. The largest absolute Gasteiger partial charge is 0.372 e. The molecule has 1 aromatic carbocycles. The molecule has 0 saturated carbocycles. The quantitative estimate of drug-likeness (QED) is 0.910. The van der Waals surface area contributed by atoms with E-state index in [2.05, 4.69) is 40.6 Å². The van der Waals surface area contributed by atoms with Crippen molar-refractivity contribution in [1.29, 1.82) is 0 Å². The van der Waals surface area contributed by atoms with Gasteiger partial charge < -0.3 is 10.1 Å². The molecule has 0 bridgehead atoms. The Morgan fingerprint density at radius 1 is 1.21 bits per heavy atom. The van der Waals surface area contributed by atoms with Crippen molar-refractivity contribution in [3.63, 3.8) is 0 Å². The molecule has 1 atom stereocenters. The molecule has 1 aliphatic rings. The Kier molecular flexibility index (Phi) is 3.86. The van der Waals surface area contributed by atoms with E-state index in [9.17, 15) is 0 Å². The molecule has 3 rings (SSSR count). The Morgan fingerprint density at radius 2 is 2.16 bits per heavy atom. The van der Waals surface area contributed by atoms with Gasteiger partial charge in [0.05, 0.1) is 12.7 Å². The van der Waals surface area contributed by atoms with Crippen LogP contribution >= 0.6 is 0 Å². The minimum atomic E-state index is 0.349. The van der Waals surface area contributed by atoms with Crippen molar-refractivity contribution < 1.29 is 4.74 Å². The van der Waals surface area contributed by atoms with Crippen LogP contribution in [0.5, 0.6) is 0 Å². The van der Waals surface area contributed by atoms with Crippen LogP contribution in [-0.2, 0) is 11.3 Å². The lowest BCUT2D eigenvalue weighted by Gasteiger charge is -2.13. The molecule has 3 heteroatoms. The molecule has 1 N–H and O–H groups in total. The van der Waals surface area contributed by atoms with Gasteiger partial charge in [-0.05, 0) is 30.2 Å². The van der Waals surface area contributed by atoms with Gasteiger partial charge in [0.1, 0.15) is 0 Å². The maximum absolute atomic E-state index is 5.97. The Morgan fingerprint density at radius 3 is 2.95 bits per heavy atom. The van der Waals surface area contributed by atoms with Crippen LogP contribution in [0.3, 0.4) is 0 Å². The summed E-state index contributed by atoms with van der Waals surface area (Å²) in [7, 11) is 0. The molecule has 1 saturated heterocycles. The number of nitrogens with one attached hydrogen (secondary N) is 1. The van der Waals surface area contributed by atoms with E-state index < -0.39 is 0 Å². The van der Waals surface area contributed by atoms with E-state index in [1.807, 2.05) is 12.3 Å². The van der Waals surface area contributed by atoms with Crippen LogP contribution in [-0.4, -0.2) is 24.2 Å². The zero-order chi connectivity index (χ0) is 12.9. The lowest BCUT2D eigenvalue weighted by Crippen LogP contribution is -2.16. The summed E-state index contributed by atoms with van der Waals surface area (Å²) in [6.07, 6.45) is 5.15. The third kappa shape index (κ3) is 3.00.